The maximum Gasteiger partial charge on any atom is 0.411 e. The van der Waals surface area contributed by atoms with E-state index in [0.717, 1.165) is 18.4 Å². The molecule has 1 amide bonds. The number of ether oxygens (including phenoxy) is 2. The third-order valence-electron chi connectivity index (χ3n) is 5.12. The second-order valence-corrected chi connectivity index (χ2v) is 9.49. The van der Waals surface area contributed by atoms with Crippen molar-refractivity contribution < 1.29 is 35.9 Å². The zero-order valence-electron chi connectivity index (χ0n) is 18.0. The standard InChI is InChI=1S/C22H25F3N2O5S/c1-31-19-9-8-18(12-20(19)33(29,30)27-10-2-3-11-27)21(28)26-13-16-4-6-17(7-5-16)14-32-15-22(23,24)25/h4-9,12H,2-3,10-11,13-15H2,1H3,(H,26,28). The topological polar surface area (TPSA) is 84.9 Å². The first kappa shape index (κ1) is 25.0. The van der Waals surface area contributed by atoms with Crippen LogP contribution in [0.25, 0.3) is 0 Å². The quantitative estimate of drug-likeness (QED) is 0.587. The molecule has 1 fully saturated rings. The van der Waals surface area contributed by atoms with Crippen LogP contribution in [0, 0.1) is 0 Å². The van der Waals surface area contributed by atoms with Crippen LogP contribution in [0.4, 0.5) is 13.2 Å². The number of nitrogens with one attached hydrogen (secondary N) is 1. The van der Waals surface area contributed by atoms with Crippen molar-refractivity contribution in [3.05, 3.63) is 59.2 Å². The molecule has 1 heterocycles. The number of amides is 1. The van der Waals surface area contributed by atoms with Crippen molar-refractivity contribution in [2.45, 2.75) is 37.1 Å². The maximum atomic E-state index is 13.0. The van der Waals surface area contributed by atoms with Gasteiger partial charge < -0.3 is 14.8 Å². The first-order chi connectivity index (χ1) is 15.6. The van der Waals surface area contributed by atoms with Gasteiger partial charge in [-0.2, -0.15) is 17.5 Å². The lowest BCUT2D eigenvalue weighted by molar-refractivity contribution is -0.176. The summed E-state index contributed by atoms with van der Waals surface area (Å²) in [7, 11) is -2.41. The minimum Gasteiger partial charge on any atom is -0.495 e. The van der Waals surface area contributed by atoms with Crippen molar-refractivity contribution in [2.24, 2.45) is 0 Å². The van der Waals surface area contributed by atoms with E-state index in [1.54, 1.807) is 24.3 Å². The van der Waals surface area contributed by atoms with Gasteiger partial charge in [0.2, 0.25) is 10.0 Å². The Balaban J connectivity index is 1.63. The van der Waals surface area contributed by atoms with Gasteiger partial charge in [-0.25, -0.2) is 8.42 Å². The van der Waals surface area contributed by atoms with E-state index in [1.165, 1.54) is 29.6 Å². The zero-order valence-corrected chi connectivity index (χ0v) is 18.8. The average molecular weight is 487 g/mol. The van der Waals surface area contributed by atoms with Crippen LogP contribution in [0.1, 0.15) is 34.3 Å². The van der Waals surface area contributed by atoms with Gasteiger partial charge in [-0.3, -0.25) is 4.79 Å². The fraction of sp³-hybridized carbons (Fsp3) is 0.409. The largest absolute Gasteiger partial charge is 0.495 e. The van der Waals surface area contributed by atoms with Gasteiger partial charge >= 0.3 is 6.18 Å². The van der Waals surface area contributed by atoms with Gasteiger partial charge in [0.05, 0.1) is 13.7 Å². The van der Waals surface area contributed by atoms with Gasteiger partial charge in [-0.15, -0.1) is 0 Å². The van der Waals surface area contributed by atoms with Crippen molar-refractivity contribution in [1.29, 1.82) is 0 Å². The molecule has 2 aromatic carbocycles. The highest BCUT2D eigenvalue weighted by Crippen LogP contribution is 2.30. The number of sulfonamides is 1. The molecule has 1 aliphatic rings. The molecule has 1 aliphatic heterocycles. The molecule has 180 valence electrons. The number of rotatable bonds is 9. The number of alkyl halides is 3. The van der Waals surface area contributed by atoms with Gasteiger partial charge in [-0.05, 0) is 42.2 Å². The van der Waals surface area contributed by atoms with Crippen LogP contribution in [0.3, 0.4) is 0 Å². The van der Waals surface area contributed by atoms with Gasteiger partial charge in [0.15, 0.2) is 0 Å². The number of carbonyl (C=O) groups excluding carboxylic acids is 1. The zero-order chi connectivity index (χ0) is 24.1. The Bertz CT molecular complexity index is 1070. The number of methoxy groups -OCH3 is 1. The summed E-state index contributed by atoms with van der Waals surface area (Å²) < 4.78 is 73.6. The van der Waals surface area contributed by atoms with Crippen LogP contribution in [-0.4, -0.2) is 51.6 Å². The van der Waals surface area contributed by atoms with Crippen molar-refractivity contribution in [2.75, 3.05) is 26.8 Å². The Morgan fingerprint density at radius 3 is 2.30 bits per heavy atom. The highest BCUT2D eigenvalue weighted by Gasteiger charge is 2.30. The summed E-state index contributed by atoms with van der Waals surface area (Å²) in [6.45, 7) is -0.477. The Labute approximate surface area is 190 Å². The van der Waals surface area contributed by atoms with E-state index >= 15 is 0 Å². The fourth-order valence-corrected chi connectivity index (χ4v) is 5.11. The summed E-state index contributed by atoms with van der Waals surface area (Å²) in [5, 5.41) is 2.72. The molecule has 7 nitrogen and oxygen atoms in total. The van der Waals surface area contributed by atoms with Gasteiger partial charge in [0.25, 0.3) is 5.91 Å². The molecule has 1 saturated heterocycles. The molecule has 33 heavy (non-hydrogen) atoms. The van der Waals surface area contributed by atoms with Crippen molar-refractivity contribution in [1.82, 2.24) is 9.62 Å². The SMILES string of the molecule is COc1ccc(C(=O)NCc2ccc(COCC(F)(F)F)cc2)cc1S(=O)(=O)N1CCCC1. The van der Waals surface area contributed by atoms with E-state index in [0.29, 0.717) is 18.7 Å². The summed E-state index contributed by atoms with van der Waals surface area (Å²) in [6.07, 6.45) is -2.80. The number of carbonyl (C=O) groups is 1. The summed E-state index contributed by atoms with van der Waals surface area (Å²) in [4.78, 5) is 12.6. The molecule has 0 bridgehead atoms. The number of benzene rings is 2. The van der Waals surface area contributed by atoms with Crippen LogP contribution < -0.4 is 10.1 Å². The van der Waals surface area contributed by atoms with E-state index in [1.807, 2.05) is 0 Å². The highest BCUT2D eigenvalue weighted by molar-refractivity contribution is 7.89. The minimum absolute atomic E-state index is 0.0530. The summed E-state index contributed by atoms with van der Waals surface area (Å²) in [5.41, 5.74) is 1.47. The number of nitrogens with zero attached hydrogens (tertiary/aromatic N) is 1. The molecule has 2 aromatic rings. The predicted molar refractivity (Wildman–Crippen MR) is 114 cm³/mol. The Morgan fingerprint density at radius 1 is 1.06 bits per heavy atom. The lowest BCUT2D eigenvalue weighted by atomic mass is 10.1. The van der Waals surface area contributed by atoms with Crippen LogP contribution in [0.15, 0.2) is 47.4 Å². The second kappa shape index (κ2) is 10.5. The maximum absolute atomic E-state index is 13.0. The first-order valence-electron chi connectivity index (χ1n) is 10.3. The molecule has 11 heteroatoms. The van der Waals surface area contributed by atoms with E-state index in [4.69, 9.17) is 4.74 Å². The van der Waals surface area contributed by atoms with Crippen molar-refractivity contribution in [3.8, 4) is 5.75 Å². The van der Waals surface area contributed by atoms with E-state index in [2.05, 4.69) is 10.1 Å². The number of hydrogen-bond acceptors (Lipinski definition) is 5. The lowest BCUT2D eigenvalue weighted by Crippen LogP contribution is -2.29. The normalized spacial score (nSPS) is 14.9. The first-order valence-corrected chi connectivity index (χ1v) is 11.7. The van der Waals surface area contributed by atoms with E-state index in [9.17, 15) is 26.4 Å². The molecule has 0 unspecified atom stereocenters. The molecule has 0 aliphatic carbocycles. The summed E-state index contributed by atoms with van der Waals surface area (Å²) in [5.74, 6) is -0.296. The smallest absolute Gasteiger partial charge is 0.411 e. The Morgan fingerprint density at radius 2 is 1.70 bits per heavy atom. The number of hydrogen-bond donors (Lipinski definition) is 1. The molecular formula is C22H25F3N2O5S. The minimum atomic E-state index is -4.38. The van der Waals surface area contributed by atoms with Crippen LogP contribution in [0.5, 0.6) is 5.75 Å². The van der Waals surface area contributed by atoms with Gasteiger partial charge in [0.1, 0.15) is 17.3 Å². The van der Waals surface area contributed by atoms with Crippen LogP contribution in [-0.2, 0) is 27.9 Å². The molecule has 1 N–H and O–H groups in total. The molecular weight excluding hydrogens is 461 g/mol. The Hall–Kier alpha value is -2.63. The highest BCUT2D eigenvalue weighted by atomic mass is 32.2. The third kappa shape index (κ3) is 6.68. The van der Waals surface area contributed by atoms with Gasteiger partial charge in [0, 0.05) is 25.2 Å². The molecule has 0 saturated carbocycles. The Kier molecular flexibility index (Phi) is 7.98. The summed E-state index contributed by atoms with van der Waals surface area (Å²) >= 11 is 0. The molecule has 0 radical (unpaired) electrons. The average Bonchev–Trinajstić information content (AvgIpc) is 3.33. The van der Waals surface area contributed by atoms with Gasteiger partial charge in [-0.1, -0.05) is 24.3 Å². The molecule has 0 spiro atoms. The fourth-order valence-electron chi connectivity index (χ4n) is 3.41. The van der Waals surface area contributed by atoms with E-state index < -0.39 is 28.7 Å². The third-order valence-corrected chi connectivity index (χ3v) is 7.04. The lowest BCUT2D eigenvalue weighted by Gasteiger charge is -2.18. The number of halogens is 3. The van der Waals surface area contributed by atoms with Crippen molar-refractivity contribution in [3.63, 3.8) is 0 Å². The summed E-state index contributed by atoms with van der Waals surface area (Å²) in [6, 6.07) is 10.8. The van der Waals surface area contributed by atoms with Crippen LogP contribution >= 0.6 is 0 Å². The van der Waals surface area contributed by atoms with E-state index in [-0.39, 0.29) is 29.4 Å². The van der Waals surface area contributed by atoms with Crippen molar-refractivity contribution >= 4 is 15.9 Å². The molecule has 0 aromatic heterocycles. The predicted octanol–water partition coefficient (Wildman–Crippen LogP) is 3.49. The second-order valence-electron chi connectivity index (χ2n) is 7.58. The molecule has 3 rings (SSSR count). The monoisotopic (exact) mass is 486 g/mol. The van der Waals surface area contributed by atoms with Crippen LogP contribution in [0.2, 0.25) is 0 Å². The molecule has 0 atom stereocenters.